The van der Waals surface area contributed by atoms with Crippen molar-refractivity contribution < 1.29 is 14.3 Å². The van der Waals surface area contributed by atoms with Gasteiger partial charge in [0.1, 0.15) is 5.75 Å². The maximum Gasteiger partial charge on any atom is 0.317 e. The quantitative estimate of drug-likeness (QED) is 0.780. The minimum Gasteiger partial charge on any atom is -0.492 e. The number of amides is 2. The standard InChI is InChI=1S/C17H27N3O3/c1-3-23-16-8-5-4-7-15(16)19-10-12-20(13-11-19)17(21)18-9-6-14-22-2/h4-5,7-8H,3,6,9-14H2,1-2H3,(H,18,21). The highest BCUT2D eigenvalue weighted by Gasteiger charge is 2.22. The average Bonchev–Trinajstić information content (AvgIpc) is 2.59. The molecule has 0 radical (unpaired) electrons. The van der Waals surface area contributed by atoms with Gasteiger partial charge in [0.05, 0.1) is 12.3 Å². The zero-order valence-electron chi connectivity index (χ0n) is 14.1. The van der Waals surface area contributed by atoms with Crippen LogP contribution >= 0.6 is 0 Å². The van der Waals surface area contributed by atoms with Gasteiger partial charge in [0.2, 0.25) is 0 Å². The number of ether oxygens (including phenoxy) is 2. The molecule has 128 valence electrons. The molecule has 0 spiro atoms. The number of methoxy groups -OCH3 is 1. The maximum atomic E-state index is 12.1. The first-order valence-corrected chi connectivity index (χ1v) is 8.24. The summed E-state index contributed by atoms with van der Waals surface area (Å²) < 4.78 is 10.7. The lowest BCUT2D eigenvalue weighted by atomic mass is 10.2. The summed E-state index contributed by atoms with van der Waals surface area (Å²) in [6.45, 7) is 7.03. The molecule has 1 aromatic rings. The lowest BCUT2D eigenvalue weighted by Crippen LogP contribution is -2.52. The molecule has 1 aliphatic rings. The summed E-state index contributed by atoms with van der Waals surface area (Å²) in [7, 11) is 1.67. The normalized spacial score (nSPS) is 14.7. The summed E-state index contributed by atoms with van der Waals surface area (Å²) >= 11 is 0. The van der Waals surface area contributed by atoms with Crippen LogP contribution < -0.4 is 15.0 Å². The number of nitrogens with one attached hydrogen (secondary N) is 1. The minimum atomic E-state index is 0.0128. The largest absolute Gasteiger partial charge is 0.492 e. The highest BCUT2D eigenvalue weighted by Crippen LogP contribution is 2.28. The Bertz CT molecular complexity index is 488. The summed E-state index contributed by atoms with van der Waals surface area (Å²) in [5.74, 6) is 0.910. The van der Waals surface area contributed by atoms with E-state index in [0.29, 0.717) is 19.8 Å². The summed E-state index contributed by atoms with van der Waals surface area (Å²) in [6, 6.07) is 8.09. The number of carbonyl (C=O) groups excluding carboxylic acids is 1. The van der Waals surface area contributed by atoms with E-state index in [2.05, 4.69) is 16.3 Å². The Morgan fingerprint density at radius 2 is 1.96 bits per heavy atom. The van der Waals surface area contributed by atoms with E-state index < -0.39 is 0 Å². The number of anilines is 1. The maximum absolute atomic E-state index is 12.1. The number of rotatable bonds is 7. The van der Waals surface area contributed by atoms with E-state index in [-0.39, 0.29) is 6.03 Å². The fraction of sp³-hybridized carbons (Fsp3) is 0.588. The molecule has 0 atom stereocenters. The summed E-state index contributed by atoms with van der Waals surface area (Å²) in [5.41, 5.74) is 1.11. The van der Waals surface area contributed by atoms with E-state index in [9.17, 15) is 4.79 Å². The van der Waals surface area contributed by atoms with Crippen molar-refractivity contribution in [2.75, 3.05) is 57.9 Å². The van der Waals surface area contributed by atoms with Crippen molar-refractivity contribution in [3.63, 3.8) is 0 Å². The first-order chi connectivity index (χ1) is 11.3. The summed E-state index contributed by atoms with van der Waals surface area (Å²) in [4.78, 5) is 16.2. The van der Waals surface area contributed by atoms with E-state index in [4.69, 9.17) is 9.47 Å². The molecule has 0 aliphatic carbocycles. The van der Waals surface area contributed by atoms with Crippen LogP contribution in [0.15, 0.2) is 24.3 Å². The topological polar surface area (TPSA) is 54.0 Å². The van der Waals surface area contributed by atoms with Gasteiger partial charge in [0, 0.05) is 46.4 Å². The molecule has 1 aromatic carbocycles. The third-order valence-electron chi connectivity index (χ3n) is 3.87. The SMILES string of the molecule is CCOc1ccccc1N1CCN(C(=O)NCCCOC)CC1. The molecule has 23 heavy (non-hydrogen) atoms. The van der Waals surface area contributed by atoms with E-state index in [1.54, 1.807) is 7.11 Å². The van der Waals surface area contributed by atoms with Crippen molar-refractivity contribution >= 4 is 11.7 Å². The summed E-state index contributed by atoms with van der Waals surface area (Å²) in [5, 5.41) is 2.94. The molecule has 0 aromatic heterocycles. The molecule has 1 saturated heterocycles. The number of carbonyl (C=O) groups is 1. The van der Waals surface area contributed by atoms with Crippen LogP contribution in [0.1, 0.15) is 13.3 Å². The molecule has 1 fully saturated rings. The molecule has 0 bridgehead atoms. The Morgan fingerprint density at radius 3 is 2.65 bits per heavy atom. The van der Waals surface area contributed by atoms with Gasteiger partial charge in [-0.15, -0.1) is 0 Å². The molecular formula is C17H27N3O3. The monoisotopic (exact) mass is 321 g/mol. The molecule has 6 heteroatoms. The Hall–Kier alpha value is -1.95. The number of benzene rings is 1. The lowest BCUT2D eigenvalue weighted by molar-refractivity contribution is 0.183. The first-order valence-electron chi connectivity index (χ1n) is 8.24. The molecule has 1 heterocycles. The number of nitrogens with zero attached hydrogens (tertiary/aromatic N) is 2. The van der Waals surface area contributed by atoms with Gasteiger partial charge in [-0.1, -0.05) is 12.1 Å². The van der Waals surface area contributed by atoms with Crippen LogP contribution in [0.4, 0.5) is 10.5 Å². The average molecular weight is 321 g/mol. The van der Waals surface area contributed by atoms with Crippen molar-refractivity contribution in [1.82, 2.24) is 10.2 Å². The minimum absolute atomic E-state index is 0.0128. The highest BCUT2D eigenvalue weighted by molar-refractivity contribution is 5.74. The van der Waals surface area contributed by atoms with Gasteiger partial charge in [-0.3, -0.25) is 0 Å². The zero-order valence-corrected chi connectivity index (χ0v) is 14.1. The third kappa shape index (κ3) is 5.03. The molecule has 0 unspecified atom stereocenters. The van der Waals surface area contributed by atoms with Gasteiger partial charge in [0.25, 0.3) is 0 Å². The van der Waals surface area contributed by atoms with E-state index >= 15 is 0 Å². The van der Waals surface area contributed by atoms with Gasteiger partial charge in [-0.05, 0) is 25.5 Å². The van der Waals surface area contributed by atoms with Crippen molar-refractivity contribution in [2.24, 2.45) is 0 Å². The molecule has 2 amide bonds. The van der Waals surface area contributed by atoms with Crippen molar-refractivity contribution in [2.45, 2.75) is 13.3 Å². The second kappa shape index (κ2) is 9.25. The highest BCUT2D eigenvalue weighted by atomic mass is 16.5. The Morgan fingerprint density at radius 1 is 1.22 bits per heavy atom. The number of hydrogen-bond donors (Lipinski definition) is 1. The predicted octanol–water partition coefficient (Wildman–Crippen LogP) is 1.95. The van der Waals surface area contributed by atoms with Crippen molar-refractivity contribution in [3.05, 3.63) is 24.3 Å². The Labute approximate surface area is 138 Å². The molecule has 0 saturated carbocycles. The first kappa shape index (κ1) is 17.4. The fourth-order valence-corrected chi connectivity index (χ4v) is 2.67. The second-order valence-electron chi connectivity index (χ2n) is 5.45. The Balaban J connectivity index is 1.83. The number of piperazine rings is 1. The van der Waals surface area contributed by atoms with Crippen LogP contribution in [0, 0.1) is 0 Å². The lowest BCUT2D eigenvalue weighted by Gasteiger charge is -2.36. The molecule has 1 N–H and O–H groups in total. The fourth-order valence-electron chi connectivity index (χ4n) is 2.67. The molecule has 1 aliphatic heterocycles. The van der Waals surface area contributed by atoms with Gasteiger partial charge in [-0.2, -0.15) is 0 Å². The van der Waals surface area contributed by atoms with Gasteiger partial charge < -0.3 is 24.6 Å². The van der Waals surface area contributed by atoms with Crippen LogP contribution in [0.5, 0.6) is 5.75 Å². The van der Waals surface area contributed by atoms with Crippen LogP contribution in [0.2, 0.25) is 0 Å². The van der Waals surface area contributed by atoms with E-state index in [0.717, 1.165) is 44.0 Å². The van der Waals surface area contributed by atoms with Gasteiger partial charge >= 0.3 is 6.03 Å². The van der Waals surface area contributed by atoms with E-state index in [1.165, 1.54) is 0 Å². The van der Waals surface area contributed by atoms with Crippen LogP contribution in [0.3, 0.4) is 0 Å². The Kier molecular flexibility index (Phi) is 7.00. The van der Waals surface area contributed by atoms with Crippen LogP contribution in [0.25, 0.3) is 0 Å². The number of urea groups is 1. The molecular weight excluding hydrogens is 294 g/mol. The van der Waals surface area contributed by atoms with Crippen molar-refractivity contribution in [1.29, 1.82) is 0 Å². The van der Waals surface area contributed by atoms with Gasteiger partial charge in [-0.25, -0.2) is 4.79 Å². The summed E-state index contributed by atoms with van der Waals surface area (Å²) in [6.07, 6.45) is 0.837. The van der Waals surface area contributed by atoms with Gasteiger partial charge in [0.15, 0.2) is 0 Å². The predicted molar refractivity (Wildman–Crippen MR) is 91.3 cm³/mol. The van der Waals surface area contributed by atoms with Crippen molar-refractivity contribution in [3.8, 4) is 5.75 Å². The molecule has 2 rings (SSSR count). The number of para-hydroxylation sites is 2. The zero-order chi connectivity index (χ0) is 16.5. The number of hydrogen-bond acceptors (Lipinski definition) is 4. The van der Waals surface area contributed by atoms with E-state index in [1.807, 2.05) is 30.0 Å². The smallest absolute Gasteiger partial charge is 0.317 e. The van der Waals surface area contributed by atoms with Crippen LogP contribution in [-0.4, -0.2) is 64.0 Å². The third-order valence-corrected chi connectivity index (χ3v) is 3.87. The second-order valence-corrected chi connectivity index (χ2v) is 5.45. The van der Waals surface area contributed by atoms with Crippen LogP contribution in [-0.2, 0) is 4.74 Å². The molecule has 6 nitrogen and oxygen atoms in total.